The van der Waals surface area contributed by atoms with Gasteiger partial charge in [0.25, 0.3) is 0 Å². The fraction of sp³-hybridized carbons (Fsp3) is 0.467. The number of benzene rings is 2. The molecule has 0 bridgehead atoms. The Morgan fingerprint density at radius 3 is 2.27 bits per heavy atom. The average molecular weight is 512 g/mol. The smallest absolute Gasteiger partial charge is 0.306 e. The minimum atomic E-state index is -0.256. The monoisotopic (exact) mass is 511 g/mol. The molecule has 0 heterocycles. The van der Waals surface area contributed by atoms with E-state index >= 15 is 0 Å². The van der Waals surface area contributed by atoms with Gasteiger partial charge in [-0.05, 0) is 55.0 Å². The van der Waals surface area contributed by atoms with Crippen LogP contribution in [0.15, 0.2) is 42.6 Å². The number of phenols is 1. The second-order valence-corrected chi connectivity index (χ2v) is 9.02. The van der Waals surface area contributed by atoms with Gasteiger partial charge in [-0.15, -0.1) is 0 Å². The van der Waals surface area contributed by atoms with Gasteiger partial charge in [0.05, 0.1) is 25.4 Å². The molecule has 2 rings (SSSR count). The number of hydrogen-bond acceptors (Lipinski definition) is 7. The molecule has 202 valence electrons. The summed E-state index contributed by atoms with van der Waals surface area (Å²) in [5.74, 6) is 0.859. The van der Waals surface area contributed by atoms with E-state index in [-0.39, 0.29) is 23.1 Å². The van der Waals surface area contributed by atoms with Crippen LogP contribution in [0.25, 0.3) is 0 Å². The van der Waals surface area contributed by atoms with Crippen LogP contribution < -0.4 is 9.47 Å². The number of aromatic hydroxyl groups is 1. The van der Waals surface area contributed by atoms with Crippen molar-refractivity contribution in [2.24, 2.45) is 0 Å². The Labute approximate surface area is 221 Å². The molecule has 7 heteroatoms. The molecular formula is C30H41NO6. The molecule has 0 aromatic heterocycles. The molecule has 0 atom stereocenters. The van der Waals surface area contributed by atoms with Gasteiger partial charge in [-0.3, -0.25) is 9.59 Å². The van der Waals surface area contributed by atoms with Crippen molar-refractivity contribution in [1.29, 1.82) is 0 Å². The first-order valence-corrected chi connectivity index (χ1v) is 13.1. The zero-order valence-electron chi connectivity index (χ0n) is 22.8. The molecule has 0 spiro atoms. The van der Waals surface area contributed by atoms with E-state index in [1.54, 1.807) is 24.1 Å². The number of carbonyl (C=O) groups is 2. The molecule has 1 N–H and O–H groups in total. The highest BCUT2D eigenvalue weighted by molar-refractivity contribution is 6.06. The lowest BCUT2D eigenvalue weighted by molar-refractivity contribution is -0.143. The van der Waals surface area contributed by atoms with Crippen LogP contribution >= 0.6 is 0 Å². The molecule has 0 saturated carbocycles. The van der Waals surface area contributed by atoms with Crippen molar-refractivity contribution in [2.45, 2.75) is 59.3 Å². The van der Waals surface area contributed by atoms with E-state index in [0.29, 0.717) is 51.3 Å². The van der Waals surface area contributed by atoms with Gasteiger partial charge in [-0.25, -0.2) is 0 Å². The molecule has 7 nitrogen and oxygen atoms in total. The summed E-state index contributed by atoms with van der Waals surface area (Å²) in [7, 11) is 3.66. The van der Waals surface area contributed by atoms with Crippen molar-refractivity contribution in [2.75, 3.05) is 33.9 Å². The Balaban J connectivity index is 1.96. The van der Waals surface area contributed by atoms with Crippen LogP contribution in [0, 0.1) is 0 Å². The normalized spacial score (nSPS) is 10.9. The fourth-order valence-corrected chi connectivity index (χ4v) is 3.80. The Hall–Kier alpha value is -3.48. The van der Waals surface area contributed by atoms with Crippen molar-refractivity contribution >= 4 is 11.8 Å². The summed E-state index contributed by atoms with van der Waals surface area (Å²) < 4.78 is 17.1. The molecule has 0 fully saturated rings. The topological polar surface area (TPSA) is 85.3 Å². The molecule has 0 aliphatic heterocycles. The maximum Gasteiger partial charge on any atom is 0.306 e. The molecule has 0 aliphatic carbocycles. The summed E-state index contributed by atoms with van der Waals surface area (Å²) in [4.78, 5) is 25.9. The zero-order valence-corrected chi connectivity index (χ0v) is 22.8. The lowest BCUT2D eigenvalue weighted by Crippen LogP contribution is -2.09. The number of carbonyl (C=O) groups excluding carboxylic acids is 2. The minimum Gasteiger partial charge on any atom is -0.507 e. The van der Waals surface area contributed by atoms with E-state index in [1.165, 1.54) is 12.1 Å². The Kier molecular flexibility index (Phi) is 12.5. The van der Waals surface area contributed by atoms with Crippen LogP contribution in [0.2, 0.25) is 0 Å². The number of phenolic OH excluding ortho intramolecular Hbond substituents is 1. The highest BCUT2D eigenvalue weighted by Crippen LogP contribution is 2.30. The van der Waals surface area contributed by atoms with Gasteiger partial charge in [-0.1, -0.05) is 32.4 Å². The van der Waals surface area contributed by atoms with E-state index in [9.17, 15) is 14.7 Å². The molecule has 2 aromatic carbocycles. The number of ether oxygens (including phenoxy) is 3. The first-order chi connectivity index (χ1) is 17.8. The van der Waals surface area contributed by atoms with Crippen LogP contribution in [0.5, 0.6) is 17.2 Å². The van der Waals surface area contributed by atoms with Gasteiger partial charge in [0.2, 0.25) is 0 Å². The third kappa shape index (κ3) is 9.83. The molecule has 37 heavy (non-hydrogen) atoms. The van der Waals surface area contributed by atoms with E-state index in [0.717, 1.165) is 35.3 Å². The summed E-state index contributed by atoms with van der Waals surface area (Å²) in [6.45, 7) is 7.19. The van der Waals surface area contributed by atoms with Crippen LogP contribution in [0.4, 0.5) is 0 Å². The number of rotatable bonds is 16. The number of aryl methyl sites for hydroxylation is 3. The molecule has 2 aromatic rings. The third-order valence-electron chi connectivity index (χ3n) is 5.73. The Morgan fingerprint density at radius 2 is 1.65 bits per heavy atom. The number of nitrogens with zero attached hydrogens (tertiary/aromatic N) is 1. The second kappa shape index (κ2) is 15.6. The molecule has 0 saturated heterocycles. The summed E-state index contributed by atoms with van der Waals surface area (Å²) in [5, 5.41) is 10.4. The molecular weight excluding hydrogens is 470 g/mol. The van der Waals surface area contributed by atoms with Crippen LogP contribution in [-0.4, -0.2) is 55.7 Å². The third-order valence-corrected chi connectivity index (χ3v) is 5.73. The highest BCUT2D eigenvalue weighted by atomic mass is 16.5. The summed E-state index contributed by atoms with van der Waals surface area (Å²) >= 11 is 0. The van der Waals surface area contributed by atoms with Crippen molar-refractivity contribution in [1.82, 2.24) is 4.90 Å². The van der Waals surface area contributed by atoms with E-state index in [2.05, 4.69) is 13.0 Å². The van der Waals surface area contributed by atoms with Gasteiger partial charge in [-0.2, -0.15) is 0 Å². The second-order valence-electron chi connectivity index (χ2n) is 9.02. The quantitative estimate of drug-likeness (QED) is 0.138. The molecule has 0 radical (unpaired) electrons. The zero-order chi connectivity index (χ0) is 27.2. The summed E-state index contributed by atoms with van der Waals surface area (Å²) in [6, 6.07) is 9.34. The van der Waals surface area contributed by atoms with Crippen molar-refractivity contribution < 1.29 is 28.9 Å². The van der Waals surface area contributed by atoms with Crippen molar-refractivity contribution in [3.63, 3.8) is 0 Å². The Morgan fingerprint density at radius 1 is 0.946 bits per heavy atom. The molecule has 0 amide bonds. The van der Waals surface area contributed by atoms with Crippen LogP contribution in [0.3, 0.4) is 0 Å². The maximum absolute atomic E-state index is 12.4. The van der Waals surface area contributed by atoms with Gasteiger partial charge >= 0.3 is 5.97 Å². The average Bonchev–Trinajstić information content (AvgIpc) is 2.87. The Bertz CT molecular complexity index is 1060. The van der Waals surface area contributed by atoms with Gasteiger partial charge < -0.3 is 24.2 Å². The number of ketones is 1. The van der Waals surface area contributed by atoms with Gasteiger partial charge in [0, 0.05) is 45.3 Å². The van der Waals surface area contributed by atoms with Gasteiger partial charge in [0.15, 0.2) is 5.78 Å². The number of allylic oxidation sites excluding steroid dienone is 1. The predicted molar refractivity (Wildman–Crippen MR) is 146 cm³/mol. The van der Waals surface area contributed by atoms with Crippen LogP contribution in [-0.2, 0) is 28.8 Å². The van der Waals surface area contributed by atoms with E-state index < -0.39 is 0 Å². The minimum absolute atomic E-state index is 0.0966. The number of hydrogen-bond donors (Lipinski definition) is 1. The van der Waals surface area contributed by atoms with Crippen molar-refractivity contribution in [3.05, 3.63) is 64.9 Å². The maximum atomic E-state index is 12.4. The first-order valence-electron chi connectivity index (χ1n) is 13.1. The van der Waals surface area contributed by atoms with E-state index in [1.807, 2.05) is 33.2 Å². The van der Waals surface area contributed by atoms with Crippen LogP contribution in [0.1, 0.15) is 67.1 Å². The highest BCUT2D eigenvalue weighted by Gasteiger charge is 2.14. The largest absolute Gasteiger partial charge is 0.507 e. The van der Waals surface area contributed by atoms with Crippen molar-refractivity contribution in [3.8, 4) is 17.2 Å². The fourth-order valence-electron chi connectivity index (χ4n) is 3.80. The number of esters is 1. The standard InChI is InChI=1S/C30H41NO6/c1-6-10-24-13-11-22(12-14-30(34)35-8-3)19-28(24)36-17-9-18-37-29-21-27(33)25(20-23(29)7-2)26(32)15-16-31(4)5/h11,13,15-16,19-21,33H,6-10,12,14,17-18H2,1-5H3/b16-15-. The van der Waals surface area contributed by atoms with Gasteiger partial charge in [0.1, 0.15) is 17.2 Å². The molecule has 0 unspecified atom stereocenters. The van der Waals surface area contributed by atoms with E-state index in [4.69, 9.17) is 14.2 Å². The summed E-state index contributed by atoms with van der Waals surface area (Å²) in [5.41, 5.74) is 3.30. The lowest BCUT2D eigenvalue weighted by Gasteiger charge is -2.15. The summed E-state index contributed by atoms with van der Waals surface area (Å²) in [6.07, 6.45) is 7.28. The predicted octanol–water partition coefficient (Wildman–Crippen LogP) is 5.51. The SMILES string of the molecule is CCCc1ccc(CCC(=O)OCC)cc1OCCCOc1cc(O)c(C(=O)/C=C\N(C)C)cc1CC. The molecule has 0 aliphatic rings. The lowest BCUT2D eigenvalue weighted by atomic mass is 10.0. The first kappa shape index (κ1) is 29.7.